The molecule has 1 aliphatic rings. The highest BCUT2D eigenvalue weighted by Gasteiger charge is 2.28. The summed E-state index contributed by atoms with van der Waals surface area (Å²) in [6.45, 7) is 5.00. The maximum atomic E-state index is 14.5. The summed E-state index contributed by atoms with van der Waals surface area (Å²) >= 11 is 0. The number of hydrogen-bond donors (Lipinski definition) is 5. The zero-order chi connectivity index (χ0) is 52.3. The molecule has 6 rings (SSSR count). The van der Waals surface area contributed by atoms with E-state index in [1.165, 1.54) is 65.9 Å². The van der Waals surface area contributed by atoms with Gasteiger partial charge in [-0.05, 0) is 61.4 Å². The van der Waals surface area contributed by atoms with E-state index in [1.807, 2.05) is 0 Å². The van der Waals surface area contributed by atoms with E-state index >= 15 is 0 Å². The molecule has 1 heterocycles. The number of benzene rings is 5. The van der Waals surface area contributed by atoms with E-state index in [1.54, 1.807) is 48.5 Å². The number of anilines is 5. The van der Waals surface area contributed by atoms with Gasteiger partial charge in [0.15, 0.2) is 28.7 Å². The van der Waals surface area contributed by atoms with Gasteiger partial charge in [-0.25, -0.2) is 0 Å². The summed E-state index contributed by atoms with van der Waals surface area (Å²) in [6, 6.07) is 20.1. The Hall–Kier alpha value is -7.95. The molecule has 0 aliphatic carbocycles. The molecule has 5 amide bonds. The van der Waals surface area contributed by atoms with Crippen molar-refractivity contribution in [1.82, 2.24) is 0 Å². The monoisotopic (exact) mass is 1000 g/mol. The van der Waals surface area contributed by atoms with Gasteiger partial charge < -0.3 is 59.7 Å². The van der Waals surface area contributed by atoms with Crippen LogP contribution in [0.5, 0.6) is 40.2 Å². The molecular weight excluding hydrogens is 935 g/mol. The average Bonchev–Trinajstić information content (AvgIpc) is 3.39. The van der Waals surface area contributed by atoms with Crippen molar-refractivity contribution in [2.45, 2.75) is 90.9 Å². The number of nitrogens with one attached hydrogen (secondary N) is 5. The Morgan fingerprint density at radius 2 is 0.603 bits per heavy atom. The predicted molar refractivity (Wildman–Crippen MR) is 282 cm³/mol. The first-order chi connectivity index (χ1) is 35.5. The van der Waals surface area contributed by atoms with Crippen LogP contribution in [0.15, 0.2) is 78.9 Å². The molecule has 5 N–H and O–H groups in total. The molecule has 17 heteroatoms. The van der Waals surface area contributed by atoms with Crippen molar-refractivity contribution >= 4 is 58.0 Å². The van der Waals surface area contributed by atoms with Crippen molar-refractivity contribution < 1.29 is 57.1 Å². The highest BCUT2D eigenvalue weighted by Crippen LogP contribution is 2.40. The summed E-state index contributed by atoms with van der Waals surface area (Å²) in [5.41, 5.74) is 0.621. The first-order valence-corrected chi connectivity index (χ1v) is 24.8. The molecule has 1 aliphatic heterocycles. The molecule has 388 valence electrons. The fourth-order valence-corrected chi connectivity index (χ4v) is 8.53. The third-order valence-corrected chi connectivity index (χ3v) is 12.2. The molecule has 0 spiro atoms. The maximum Gasteiger partial charge on any atom is 0.259 e. The van der Waals surface area contributed by atoms with Gasteiger partial charge in [0.25, 0.3) is 29.5 Å². The lowest BCUT2D eigenvalue weighted by atomic mass is 10.1. The van der Waals surface area contributed by atoms with Crippen LogP contribution < -0.4 is 59.7 Å². The van der Waals surface area contributed by atoms with Crippen molar-refractivity contribution in [3.63, 3.8) is 0 Å². The number of unbranched alkanes of at least 4 members (excludes halogenated alkanes) is 10. The van der Waals surface area contributed by atoms with E-state index in [-0.39, 0.29) is 96.5 Å². The van der Waals surface area contributed by atoms with Gasteiger partial charge in [0.05, 0.1) is 105 Å². The number of ether oxygens (including phenoxy) is 7. The first-order valence-electron chi connectivity index (χ1n) is 24.8. The highest BCUT2D eigenvalue weighted by atomic mass is 16.5. The molecule has 0 atom stereocenters. The fraction of sp³-hybridized carbons (Fsp3) is 0.375. The normalized spacial score (nSPS) is 12.7. The number of carbonyl (C=O) groups excluding carboxylic acids is 5. The highest BCUT2D eigenvalue weighted by molar-refractivity contribution is 6.16. The van der Waals surface area contributed by atoms with Gasteiger partial charge in [-0.15, -0.1) is 0 Å². The Labute approximate surface area is 426 Å². The molecule has 0 saturated heterocycles. The second-order valence-corrected chi connectivity index (χ2v) is 17.3. The number of rotatable bonds is 21. The second-order valence-electron chi connectivity index (χ2n) is 17.3. The second kappa shape index (κ2) is 27.0. The Balaban J connectivity index is 1.49. The molecule has 0 radical (unpaired) electrons. The number of methoxy groups -OCH3 is 5. The van der Waals surface area contributed by atoms with Gasteiger partial charge in [0.1, 0.15) is 11.5 Å². The Morgan fingerprint density at radius 1 is 0.329 bits per heavy atom. The summed E-state index contributed by atoms with van der Waals surface area (Å²) in [4.78, 5) is 72.0. The number of hydrogen-bond acceptors (Lipinski definition) is 12. The van der Waals surface area contributed by atoms with Crippen LogP contribution in [0.1, 0.15) is 143 Å². The summed E-state index contributed by atoms with van der Waals surface area (Å²) in [6.07, 6.45) is 12.3. The molecule has 0 aromatic heterocycles. The molecule has 10 bridgehead atoms. The van der Waals surface area contributed by atoms with Crippen LogP contribution in [0, 0.1) is 0 Å². The van der Waals surface area contributed by atoms with Crippen LogP contribution in [0.3, 0.4) is 0 Å². The van der Waals surface area contributed by atoms with E-state index in [0.717, 1.165) is 77.0 Å². The third kappa shape index (κ3) is 13.7. The quantitative estimate of drug-likeness (QED) is 0.0435. The van der Waals surface area contributed by atoms with Crippen LogP contribution in [-0.4, -0.2) is 78.3 Å². The van der Waals surface area contributed by atoms with Gasteiger partial charge in [0, 0.05) is 12.1 Å². The van der Waals surface area contributed by atoms with Crippen LogP contribution in [0.25, 0.3) is 0 Å². The van der Waals surface area contributed by atoms with Crippen molar-refractivity contribution in [3.8, 4) is 40.2 Å². The minimum Gasteiger partial charge on any atom is -0.494 e. The molecule has 0 fully saturated rings. The van der Waals surface area contributed by atoms with Gasteiger partial charge in [-0.1, -0.05) is 96.3 Å². The third-order valence-electron chi connectivity index (χ3n) is 12.2. The fourth-order valence-electron chi connectivity index (χ4n) is 8.53. The molecular formula is C56H67N5O12. The van der Waals surface area contributed by atoms with Gasteiger partial charge >= 0.3 is 0 Å². The minimum absolute atomic E-state index is 0.00352. The van der Waals surface area contributed by atoms with Crippen LogP contribution in [0.4, 0.5) is 28.4 Å². The van der Waals surface area contributed by atoms with Gasteiger partial charge in [0.2, 0.25) is 0 Å². The molecule has 5 aromatic rings. The molecule has 17 nitrogen and oxygen atoms in total. The average molecular weight is 1000 g/mol. The van der Waals surface area contributed by atoms with Crippen LogP contribution in [0.2, 0.25) is 0 Å². The van der Waals surface area contributed by atoms with Crippen LogP contribution >= 0.6 is 0 Å². The minimum atomic E-state index is -0.687. The Bertz CT molecular complexity index is 2740. The standard InChI is InChI=1S/C56H67N5O12/c1-8-10-12-14-16-18-29-72-35-31-40-50(70-6)46(34-35)61-54(64)39-25-22-28-44(49(39)69-5)59-56(66)41-32-36(73-30-19-17-15-13-11-9-2)33-45(51(41)71-7)60-53(63)38-24-21-26-42(48(38)68-4)57-52(62)37-23-20-27-43(47(37)67-3)58-55(40)65/h20-28,31-34H,8-19,29-30H2,1-7H3,(H,57,62)(H,58,65)(H,59,66)(H,60,63)(H,61,64). The Morgan fingerprint density at radius 3 is 0.918 bits per heavy atom. The van der Waals surface area contributed by atoms with Gasteiger partial charge in [-0.2, -0.15) is 0 Å². The summed E-state index contributed by atoms with van der Waals surface area (Å²) < 4.78 is 41.4. The predicted octanol–water partition coefficient (Wildman–Crippen LogP) is 11.8. The van der Waals surface area contributed by atoms with E-state index in [0.29, 0.717) is 13.2 Å². The smallest absolute Gasteiger partial charge is 0.259 e. The Kier molecular flexibility index (Phi) is 20.1. The SMILES string of the molecule is CCCCCCCCOc1cc2c(OC)c(c1)C(=O)Nc1cccc(c1OC)C(=O)Nc1cc(OCCCCCCCC)cc(c1OC)C(=O)Nc1cccc(c1OC)C(=O)Nc1cccc(c1OC)C(=O)N2. The van der Waals surface area contributed by atoms with Crippen LogP contribution in [-0.2, 0) is 0 Å². The zero-order valence-corrected chi connectivity index (χ0v) is 42.8. The lowest BCUT2D eigenvalue weighted by Gasteiger charge is -2.19. The lowest BCUT2D eigenvalue weighted by Crippen LogP contribution is -2.19. The number of para-hydroxylation sites is 3. The maximum absolute atomic E-state index is 14.5. The number of carbonyl (C=O) groups is 5. The van der Waals surface area contributed by atoms with E-state index < -0.39 is 29.5 Å². The largest absolute Gasteiger partial charge is 0.494 e. The lowest BCUT2D eigenvalue weighted by molar-refractivity contribution is 0.101. The van der Waals surface area contributed by atoms with E-state index in [2.05, 4.69) is 40.4 Å². The molecule has 73 heavy (non-hydrogen) atoms. The van der Waals surface area contributed by atoms with Crippen molar-refractivity contribution in [3.05, 3.63) is 107 Å². The van der Waals surface area contributed by atoms with Gasteiger partial charge in [-0.3, -0.25) is 24.0 Å². The van der Waals surface area contributed by atoms with Crippen molar-refractivity contribution in [2.75, 3.05) is 75.3 Å². The number of amides is 5. The first kappa shape index (κ1) is 54.4. The summed E-state index contributed by atoms with van der Waals surface area (Å²) in [5, 5.41) is 14.3. The molecule has 0 saturated carbocycles. The van der Waals surface area contributed by atoms with E-state index in [4.69, 9.17) is 33.2 Å². The number of fused-ring (bicyclic) bond motifs is 10. The van der Waals surface area contributed by atoms with Crippen molar-refractivity contribution in [1.29, 1.82) is 0 Å². The topological polar surface area (TPSA) is 210 Å². The summed E-state index contributed by atoms with van der Waals surface area (Å²) in [5.74, 6) is -2.79. The molecule has 0 unspecified atom stereocenters. The summed E-state index contributed by atoms with van der Waals surface area (Å²) in [7, 11) is 6.79. The van der Waals surface area contributed by atoms with E-state index in [9.17, 15) is 24.0 Å². The molecule has 5 aromatic carbocycles. The van der Waals surface area contributed by atoms with Crippen molar-refractivity contribution in [2.24, 2.45) is 0 Å². The zero-order valence-electron chi connectivity index (χ0n) is 42.8.